The van der Waals surface area contributed by atoms with Crippen LogP contribution < -0.4 is 0 Å². The lowest BCUT2D eigenvalue weighted by atomic mass is 10.9. The first kappa shape index (κ1) is 5.43. The van der Waals surface area contributed by atoms with E-state index < -0.39 is 0 Å². The number of nitrogens with zero attached hydrogens (tertiary/aromatic N) is 2. The van der Waals surface area contributed by atoms with Gasteiger partial charge in [0.15, 0.2) is 3.01 Å². The SMILES string of the molecule is Cc1nnc(I)s1. The monoisotopic (exact) mass is 226 g/mol. The minimum absolute atomic E-state index is 1.01. The molecule has 4 heteroatoms. The quantitative estimate of drug-likeness (QED) is 0.625. The molecule has 2 nitrogen and oxygen atoms in total. The number of halogens is 1. The van der Waals surface area contributed by atoms with Crippen molar-refractivity contribution in [3.05, 3.63) is 8.02 Å². The summed E-state index contributed by atoms with van der Waals surface area (Å²) in [4.78, 5) is 0. The van der Waals surface area contributed by atoms with Gasteiger partial charge in [0.25, 0.3) is 0 Å². The molecular weight excluding hydrogens is 223 g/mol. The third-order valence-corrected chi connectivity index (χ3v) is 2.00. The first-order valence-corrected chi connectivity index (χ1v) is 3.64. The second-order valence-corrected chi connectivity index (χ2v) is 4.01. The highest BCUT2D eigenvalue weighted by atomic mass is 127. The summed E-state index contributed by atoms with van der Waals surface area (Å²) in [6.45, 7) is 1.94. The molecule has 0 aliphatic heterocycles. The zero-order chi connectivity index (χ0) is 5.28. The molecule has 0 amide bonds. The molecule has 0 unspecified atom stereocenters. The topological polar surface area (TPSA) is 25.8 Å². The Morgan fingerprint density at radius 1 is 1.57 bits per heavy atom. The van der Waals surface area contributed by atoms with Gasteiger partial charge < -0.3 is 0 Å². The van der Waals surface area contributed by atoms with Crippen molar-refractivity contribution < 1.29 is 0 Å². The van der Waals surface area contributed by atoms with Crippen molar-refractivity contribution in [3.63, 3.8) is 0 Å². The van der Waals surface area contributed by atoms with Crippen LogP contribution in [0.1, 0.15) is 5.01 Å². The lowest BCUT2D eigenvalue weighted by Crippen LogP contribution is -1.67. The van der Waals surface area contributed by atoms with Crippen LogP contribution in [0.4, 0.5) is 0 Å². The van der Waals surface area contributed by atoms with Gasteiger partial charge in [0.2, 0.25) is 0 Å². The van der Waals surface area contributed by atoms with Gasteiger partial charge in [-0.15, -0.1) is 10.2 Å². The van der Waals surface area contributed by atoms with Gasteiger partial charge in [-0.25, -0.2) is 0 Å². The summed E-state index contributed by atoms with van der Waals surface area (Å²) in [5.41, 5.74) is 0. The number of aromatic nitrogens is 2. The Morgan fingerprint density at radius 3 is 2.43 bits per heavy atom. The fourth-order valence-corrected chi connectivity index (χ4v) is 1.74. The molecule has 0 saturated heterocycles. The Hall–Kier alpha value is 0.290. The summed E-state index contributed by atoms with van der Waals surface area (Å²) < 4.78 is 1.01. The molecule has 1 aromatic rings. The molecule has 0 saturated carbocycles. The maximum Gasteiger partial charge on any atom is 0.178 e. The smallest absolute Gasteiger partial charge is 0.143 e. The Kier molecular flexibility index (Phi) is 1.58. The Labute approximate surface area is 59.1 Å². The van der Waals surface area contributed by atoms with E-state index in [1.54, 1.807) is 11.3 Å². The van der Waals surface area contributed by atoms with Crippen molar-refractivity contribution in [2.75, 3.05) is 0 Å². The largest absolute Gasteiger partial charge is 0.178 e. The van der Waals surface area contributed by atoms with E-state index in [4.69, 9.17) is 0 Å². The van der Waals surface area contributed by atoms with Crippen molar-refractivity contribution >= 4 is 33.9 Å². The van der Waals surface area contributed by atoms with Crippen molar-refractivity contribution in [1.82, 2.24) is 10.2 Å². The van der Waals surface area contributed by atoms with E-state index in [0.717, 1.165) is 8.02 Å². The molecule has 1 rings (SSSR count). The second kappa shape index (κ2) is 2.04. The van der Waals surface area contributed by atoms with Crippen LogP contribution in [-0.2, 0) is 0 Å². The lowest BCUT2D eigenvalue weighted by Gasteiger charge is -1.63. The van der Waals surface area contributed by atoms with Gasteiger partial charge in [-0.05, 0) is 29.5 Å². The third-order valence-electron chi connectivity index (χ3n) is 0.501. The van der Waals surface area contributed by atoms with E-state index in [0.29, 0.717) is 0 Å². The molecule has 0 N–H and O–H groups in total. The molecule has 7 heavy (non-hydrogen) atoms. The number of rotatable bonds is 0. The van der Waals surface area contributed by atoms with Gasteiger partial charge in [-0.2, -0.15) is 0 Å². The van der Waals surface area contributed by atoms with Crippen LogP contribution in [0.5, 0.6) is 0 Å². The standard InChI is InChI=1S/C3H3IN2S/c1-2-5-6-3(4)7-2/h1H3. The molecule has 1 aromatic heterocycles. The Balaban J connectivity index is 3.04. The molecule has 0 atom stereocenters. The Bertz CT molecular complexity index is 145. The average Bonchev–Trinajstić information content (AvgIpc) is 1.87. The van der Waals surface area contributed by atoms with Gasteiger partial charge in [0.05, 0.1) is 0 Å². The zero-order valence-electron chi connectivity index (χ0n) is 3.68. The van der Waals surface area contributed by atoms with Gasteiger partial charge in [0, 0.05) is 0 Å². The molecule has 0 fully saturated rings. The van der Waals surface area contributed by atoms with Crippen LogP contribution in [0.3, 0.4) is 0 Å². The molecule has 0 bridgehead atoms. The van der Waals surface area contributed by atoms with E-state index in [-0.39, 0.29) is 0 Å². The highest BCUT2D eigenvalue weighted by Crippen LogP contribution is 2.08. The maximum absolute atomic E-state index is 3.78. The predicted octanol–water partition coefficient (Wildman–Crippen LogP) is 1.45. The number of hydrogen-bond acceptors (Lipinski definition) is 3. The van der Waals surface area contributed by atoms with Crippen molar-refractivity contribution in [2.45, 2.75) is 6.92 Å². The predicted molar refractivity (Wildman–Crippen MR) is 37.4 cm³/mol. The van der Waals surface area contributed by atoms with Gasteiger partial charge in [0.1, 0.15) is 5.01 Å². The van der Waals surface area contributed by atoms with Gasteiger partial charge in [-0.3, -0.25) is 0 Å². The molecule has 0 aromatic carbocycles. The first-order valence-electron chi connectivity index (χ1n) is 1.74. The summed E-state index contributed by atoms with van der Waals surface area (Å²) >= 11 is 3.75. The molecule has 38 valence electrons. The summed E-state index contributed by atoms with van der Waals surface area (Å²) in [6, 6.07) is 0. The molecular formula is C3H3IN2S. The first-order chi connectivity index (χ1) is 3.29. The van der Waals surface area contributed by atoms with Crippen LogP contribution in [0.25, 0.3) is 0 Å². The highest BCUT2D eigenvalue weighted by molar-refractivity contribution is 14.1. The highest BCUT2D eigenvalue weighted by Gasteiger charge is 1.90. The molecule has 1 heterocycles. The maximum atomic E-state index is 3.78. The van der Waals surface area contributed by atoms with Crippen molar-refractivity contribution in [1.29, 1.82) is 0 Å². The zero-order valence-corrected chi connectivity index (χ0v) is 6.65. The van der Waals surface area contributed by atoms with Crippen LogP contribution in [0.15, 0.2) is 0 Å². The van der Waals surface area contributed by atoms with Crippen LogP contribution in [0.2, 0.25) is 0 Å². The van der Waals surface area contributed by atoms with Gasteiger partial charge >= 0.3 is 0 Å². The fourth-order valence-electron chi connectivity index (χ4n) is 0.272. The van der Waals surface area contributed by atoms with Crippen molar-refractivity contribution in [2.24, 2.45) is 0 Å². The van der Waals surface area contributed by atoms with Gasteiger partial charge in [-0.1, -0.05) is 11.3 Å². The molecule has 0 aliphatic carbocycles. The fraction of sp³-hybridized carbons (Fsp3) is 0.333. The third kappa shape index (κ3) is 1.34. The average molecular weight is 226 g/mol. The molecule has 0 radical (unpaired) electrons. The summed E-state index contributed by atoms with van der Waals surface area (Å²) in [5, 5.41) is 8.58. The van der Waals surface area contributed by atoms with E-state index in [2.05, 4.69) is 32.8 Å². The van der Waals surface area contributed by atoms with E-state index in [1.807, 2.05) is 6.92 Å². The molecule has 0 aliphatic rings. The van der Waals surface area contributed by atoms with E-state index in [1.165, 1.54) is 0 Å². The lowest BCUT2D eigenvalue weighted by molar-refractivity contribution is 1.03. The van der Waals surface area contributed by atoms with E-state index >= 15 is 0 Å². The number of hydrogen-bond donors (Lipinski definition) is 0. The number of aryl methyl sites for hydroxylation is 1. The summed E-state index contributed by atoms with van der Waals surface area (Å²) in [7, 11) is 0. The molecule has 0 spiro atoms. The van der Waals surface area contributed by atoms with Crippen LogP contribution in [0, 0.1) is 9.94 Å². The minimum Gasteiger partial charge on any atom is -0.143 e. The summed E-state index contributed by atoms with van der Waals surface area (Å²) in [6.07, 6.45) is 0. The minimum atomic E-state index is 1.01. The summed E-state index contributed by atoms with van der Waals surface area (Å²) in [5.74, 6) is 0. The van der Waals surface area contributed by atoms with Crippen LogP contribution >= 0.6 is 33.9 Å². The van der Waals surface area contributed by atoms with Crippen molar-refractivity contribution in [3.8, 4) is 0 Å². The Morgan fingerprint density at radius 2 is 2.29 bits per heavy atom. The second-order valence-electron chi connectivity index (χ2n) is 1.07. The van der Waals surface area contributed by atoms with Crippen LogP contribution in [-0.4, -0.2) is 10.2 Å². The van der Waals surface area contributed by atoms with E-state index in [9.17, 15) is 0 Å². The normalized spacial score (nSPS) is 9.43.